The van der Waals surface area contributed by atoms with Gasteiger partial charge in [0.05, 0.1) is 6.33 Å². The number of hydrogen-bond donors (Lipinski definition) is 2. The standard InChI is InChI=1S/C14H18N4O/c19-14(16-7-6-11-9-15-10-17-11)13-5-2-8-18(13)12-3-1-4-12/h2,5,8-10,12H,1,3-4,6-7H2,(H,15,17)(H,16,19). The molecule has 1 aliphatic rings. The Morgan fingerprint density at radius 3 is 3.11 bits per heavy atom. The summed E-state index contributed by atoms with van der Waals surface area (Å²) in [4.78, 5) is 19.1. The maximum atomic E-state index is 12.1. The molecule has 0 bridgehead atoms. The molecule has 2 aromatic rings. The highest BCUT2D eigenvalue weighted by atomic mass is 16.1. The number of nitrogens with one attached hydrogen (secondary N) is 2. The van der Waals surface area contributed by atoms with E-state index >= 15 is 0 Å². The van der Waals surface area contributed by atoms with Crippen molar-refractivity contribution in [2.75, 3.05) is 6.54 Å². The average Bonchev–Trinajstić information content (AvgIpc) is 2.97. The molecule has 5 nitrogen and oxygen atoms in total. The summed E-state index contributed by atoms with van der Waals surface area (Å²) in [6.45, 7) is 0.622. The molecule has 0 spiro atoms. The monoisotopic (exact) mass is 258 g/mol. The van der Waals surface area contributed by atoms with E-state index in [1.165, 1.54) is 19.3 Å². The van der Waals surface area contributed by atoms with Gasteiger partial charge in [-0.25, -0.2) is 4.98 Å². The van der Waals surface area contributed by atoms with E-state index < -0.39 is 0 Å². The van der Waals surface area contributed by atoms with E-state index in [-0.39, 0.29) is 5.91 Å². The van der Waals surface area contributed by atoms with Crippen molar-refractivity contribution in [3.8, 4) is 0 Å². The first-order chi connectivity index (χ1) is 9.34. The van der Waals surface area contributed by atoms with Crippen LogP contribution in [0, 0.1) is 0 Å². The van der Waals surface area contributed by atoms with E-state index in [1.54, 1.807) is 12.5 Å². The lowest BCUT2D eigenvalue weighted by Crippen LogP contribution is -2.30. The first-order valence-electron chi connectivity index (χ1n) is 6.77. The second-order valence-corrected chi connectivity index (χ2v) is 4.97. The van der Waals surface area contributed by atoms with E-state index in [9.17, 15) is 4.79 Å². The number of imidazole rings is 1. The van der Waals surface area contributed by atoms with Gasteiger partial charge < -0.3 is 14.9 Å². The lowest BCUT2D eigenvalue weighted by atomic mass is 9.93. The molecule has 100 valence electrons. The molecule has 1 amide bonds. The Kier molecular flexibility index (Phi) is 3.35. The van der Waals surface area contributed by atoms with Crippen LogP contribution < -0.4 is 5.32 Å². The van der Waals surface area contributed by atoms with Crippen molar-refractivity contribution in [2.45, 2.75) is 31.7 Å². The minimum absolute atomic E-state index is 0.0106. The molecular weight excluding hydrogens is 240 g/mol. The number of hydrogen-bond acceptors (Lipinski definition) is 2. The zero-order valence-electron chi connectivity index (χ0n) is 10.8. The van der Waals surface area contributed by atoms with Gasteiger partial charge in [-0.3, -0.25) is 4.79 Å². The second-order valence-electron chi connectivity index (χ2n) is 4.97. The number of carbonyl (C=O) groups excluding carboxylic acids is 1. The van der Waals surface area contributed by atoms with Crippen molar-refractivity contribution in [3.05, 3.63) is 42.2 Å². The fourth-order valence-electron chi connectivity index (χ4n) is 2.39. The maximum Gasteiger partial charge on any atom is 0.267 e. The molecule has 3 rings (SSSR count). The first kappa shape index (κ1) is 12.0. The summed E-state index contributed by atoms with van der Waals surface area (Å²) < 4.78 is 2.11. The van der Waals surface area contributed by atoms with Crippen LogP contribution in [-0.2, 0) is 6.42 Å². The van der Waals surface area contributed by atoms with Gasteiger partial charge in [0.1, 0.15) is 5.69 Å². The Morgan fingerprint density at radius 1 is 1.53 bits per heavy atom. The molecule has 2 heterocycles. The van der Waals surface area contributed by atoms with Crippen LogP contribution in [0.3, 0.4) is 0 Å². The highest BCUT2D eigenvalue weighted by Gasteiger charge is 2.22. The number of aromatic amines is 1. The fraction of sp³-hybridized carbons (Fsp3) is 0.429. The van der Waals surface area contributed by atoms with Crippen LogP contribution in [0.2, 0.25) is 0 Å². The maximum absolute atomic E-state index is 12.1. The topological polar surface area (TPSA) is 62.7 Å². The van der Waals surface area contributed by atoms with Crippen molar-refractivity contribution in [1.29, 1.82) is 0 Å². The highest BCUT2D eigenvalue weighted by Crippen LogP contribution is 2.32. The van der Waals surface area contributed by atoms with E-state index in [0.717, 1.165) is 17.8 Å². The predicted octanol–water partition coefficient (Wildman–Crippen LogP) is 1.91. The summed E-state index contributed by atoms with van der Waals surface area (Å²) >= 11 is 0. The third-order valence-electron chi connectivity index (χ3n) is 3.71. The Labute approximate surface area is 112 Å². The lowest BCUT2D eigenvalue weighted by molar-refractivity contribution is 0.0939. The molecular formula is C14H18N4O. The average molecular weight is 258 g/mol. The molecule has 1 aliphatic carbocycles. The van der Waals surface area contributed by atoms with E-state index in [0.29, 0.717) is 12.6 Å². The van der Waals surface area contributed by atoms with Crippen molar-refractivity contribution in [2.24, 2.45) is 0 Å². The van der Waals surface area contributed by atoms with Crippen LogP contribution in [-0.4, -0.2) is 27.0 Å². The Bertz CT molecular complexity index is 540. The lowest BCUT2D eigenvalue weighted by Gasteiger charge is -2.28. The normalized spacial score (nSPS) is 15.2. The SMILES string of the molecule is O=C(NCCc1cnc[nH]1)c1cccn1C1CCC1. The molecule has 0 atom stereocenters. The molecule has 1 saturated carbocycles. The van der Waals surface area contributed by atoms with Crippen LogP contribution in [0.15, 0.2) is 30.9 Å². The van der Waals surface area contributed by atoms with Crippen LogP contribution in [0.4, 0.5) is 0 Å². The van der Waals surface area contributed by atoms with E-state index in [2.05, 4.69) is 19.9 Å². The molecule has 0 radical (unpaired) electrons. The first-order valence-corrected chi connectivity index (χ1v) is 6.77. The molecule has 5 heteroatoms. The Morgan fingerprint density at radius 2 is 2.42 bits per heavy atom. The number of rotatable bonds is 5. The van der Waals surface area contributed by atoms with Gasteiger partial charge in [0.15, 0.2) is 0 Å². The van der Waals surface area contributed by atoms with Crippen molar-refractivity contribution in [3.63, 3.8) is 0 Å². The molecule has 0 aliphatic heterocycles. The van der Waals surface area contributed by atoms with Crippen molar-refractivity contribution < 1.29 is 4.79 Å². The molecule has 19 heavy (non-hydrogen) atoms. The third-order valence-corrected chi connectivity index (χ3v) is 3.71. The van der Waals surface area contributed by atoms with Crippen molar-refractivity contribution in [1.82, 2.24) is 19.9 Å². The van der Waals surface area contributed by atoms with Gasteiger partial charge in [-0.05, 0) is 31.4 Å². The Hall–Kier alpha value is -2.04. The third kappa shape index (κ3) is 2.54. The minimum Gasteiger partial charge on any atom is -0.350 e. The summed E-state index contributed by atoms with van der Waals surface area (Å²) in [7, 11) is 0. The molecule has 1 fully saturated rings. The largest absolute Gasteiger partial charge is 0.350 e. The van der Waals surface area contributed by atoms with Crippen LogP contribution in [0.1, 0.15) is 41.5 Å². The number of aromatic nitrogens is 3. The van der Waals surface area contributed by atoms with Crippen molar-refractivity contribution >= 4 is 5.91 Å². The summed E-state index contributed by atoms with van der Waals surface area (Å²) in [6, 6.07) is 4.36. The number of nitrogens with zero attached hydrogens (tertiary/aromatic N) is 2. The van der Waals surface area contributed by atoms with Gasteiger partial charge in [-0.2, -0.15) is 0 Å². The quantitative estimate of drug-likeness (QED) is 0.860. The van der Waals surface area contributed by atoms with E-state index in [1.807, 2.05) is 18.3 Å². The van der Waals surface area contributed by atoms with E-state index in [4.69, 9.17) is 0 Å². The fourth-order valence-corrected chi connectivity index (χ4v) is 2.39. The van der Waals surface area contributed by atoms with Crippen LogP contribution in [0.5, 0.6) is 0 Å². The molecule has 0 unspecified atom stereocenters. The minimum atomic E-state index is 0.0106. The van der Waals surface area contributed by atoms with Gasteiger partial charge in [0, 0.05) is 37.1 Å². The number of carbonyl (C=O) groups is 1. The Balaban J connectivity index is 1.56. The molecule has 0 saturated heterocycles. The van der Waals surface area contributed by atoms with Crippen LogP contribution in [0.25, 0.3) is 0 Å². The zero-order chi connectivity index (χ0) is 13.1. The summed E-state index contributed by atoms with van der Waals surface area (Å²) in [6.07, 6.45) is 9.85. The smallest absolute Gasteiger partial charge is 0.267 e. The number of H-pyrrole nitrogens is 1. The summed E-state index contributed by atoms with van der Waals surface area (Å²) in [5, 5.41) is 2.96. The summed E-state index contributed by atoms with van der Waals surface area (Å²) in [5.74, 6) is 0.0106. The highest BCUT2D eigenvalue weighted by molar-refractivity contribution is 5.92. The van der Waals surface area contributed by atoms with Gasteiger partial charge in [-0.15, -0.1) is 0 Å². The second kappa shape index (κ2) is 5.30. The van der Waals surface area contributed by atoms with Gasteiger partial charge >= 0.3 is 0 Å². The molecule has 2 N–H and O–H groups in total. The molecule has 2 aromatic heterocycles. The summed E-state index contributed by atoms with van der Waals surface area (Å²) in [5.41, 5.74) is 1.81. The van der Waals surface area contributed by atoms with Crippen LogP contribution >= 0.6 is 0 Å². The van der Waals surface area contributed by atoms with Gasteiger partial charge in [0.25, 0.3) is 5.91 Å². The molecule has 0 aromatic carbocycles. The zero-order valence-corrected chi connectivity index (χ0v) is 10.8. The number of amides is 1. The predicted molar refractivity (Wildman–Crippen MR) is 71.9 cm³/mol. The van der Waals surface area contributed by atoms with Gasteiger partial charge in [0.2, 0.25) is 0 Å². The van der Waals surface area contributed by atoms with Gasteiger partial charge in [-0.1, -0.05) is 0 Å².